The van der Waals surface area contributed by atoms with E-state index in [4.69, 9.17) is 14.5 Å². The van der Waals surface area contributed by atoms with Crippen LogP contribution >= 0.6 is 0 Å². The number of methoxy groups -OCH3 is 2. The van der Waals surface area contributed by atoms with Crippen LogP contribution in [0.25, 0.3) is 28.0 Å². The lowest BCUT2D eigenvalue weighted by Gasteiger charge is -2.34. The van der Waals surface area contributed by atoms with Crippen LogP contribution in [0.15, 0.2) is 90.0 Å². The number of aromatic nitrogens is 2. The van der Waals surface area contributed by atoms with Gasteiger partial charge >= 0.3 is 0 Å². The number of benzene rings is 3. The monoisotopic (exact) mass is 600 g/mol. The summed E-state index contributed by atoms with van der Waals surface area (Å²) in [4.78, 5) is 7.23. The Morgan fingerprint density at radius 2 is 1.60 bits per heavy atom. The second-order valence-corrected chi connectivity index (χ2v) is 12.5. The van der Waals surface area contributed by atoms with Crippen molar-refractivity contribution in [3.8, 4) is 33.9 Å². The van der Waals surface area contributed by atoms with Gasteiger partial charge in [0.15, 0.2) is 0 Å². The van der Waals surface area contributed by atoms with Crippen molar-refractivity contribution in [2.75, 3.05) is 40.4 Å². The maximum absolute atomic E-state index is 13.7. The number of fused-ring (bicyclic) bond motifs is 1. The first-order valence-electron chi connectivity index (χ1n) is 14.1. The lowest BCUT2D eigenvalue weighted by molar-refractivity contribution is 0.179. The molecule has 2 aromatic heterocycles. The standard InChI is InChI=1S/C33H33FN4O4S/c1-23-6-4-7-24(18-23)26-10-13-32-35-33(25-8-5-9-28(19-25)41-2)29(38(32)21-26)22-36-14-16-37(17-15-36)43(39,40)31-12-11-27(34)20-30(31)42-3/h4-13,18-21H,14-17,22H2,1-3H3. The lowest BCUT2D eigenvalue weighted by atomic mass is 10.1. The quantitative estimate of drug-likeness (QED) is 0.230. The molecule has 1 fully saturated rings. The topological polar surface area (TPSA) is 76.4 Å². The first-order chi connectivity index (χ1) is 20.8. The molecule has 8 nitrogen and oxygen atoms in total. The van der Waals surface area contributed by atoms with Crippen molar-refractivity contribution in [3.05, 3.63) is 102 Å². The maximum Gasteiger partial charge on any atom is 0.246 e. The van der Waals surface area contributed by atoms with Gasteiger partial charge in [0.2, 0.25) is 10.0 Å². The van der Waals surface area contributed by atoms with Gasteiger partial charge in [-0.05, 0) is 54.4 Å². The van der Waals surface area contributed by atoms with Crippen molar-refractivity contribution in [3.63, 3.8) is 0 Å². The number of imidazole rings is 1. The molecule has 3 heterocycles. The molecule has 0 spiro atoms. The van der Waals surface area contributed by atoms with Crippen LogP contribution in [0.3, 0.4) is 0 Å². The Balaban J connectivity index is 1.32. The molecule has 5 aromatic rings. The maximum atomic E-state index is 13.7. The van der Waals surface area contributed by atoms with Crippen LogP contribution in [-0.4, -0.2) is 67.4 Å². The second kappa shape index (κ2) is 11.8. The molecule has 0 radical (unpaired) electrons. The van der Waals surface area contributed by atoms with Crippen molar-refractivity contribution in [1.29, 1.82) is 0 Å². The highest BCUT2D eigenvalue weighted by molar-refractivity contribution is 7.89. The van der Waals surface area contributed by atoms with Crippen LogP contribution in [0.1, 0.15) is 11.3 Å². The normalized spacial score (nSPS) is 14.7. The van der Waals surface area contributed by atoms with Crippen LogP contribution in [0.2, 0.25) is 0 Å². The fourth-order valence-corrected chi connectivity index (χ4v) is 7.13. The Morgan fingerprint density at radius 3 is 2.35 bits per heavy atom. The predicted octanol–water partition coefficient (Wildman–Crippen LogP) is 5.64. The Morgan fingerprint density at radius 1 is 0.837 bits per heavy atom. The fourth-order valence-electron chi connectivity index (χ4n) is 5.57. The average Bonchev–Trinajstić information content (AvgIpc) is 3.38. The second-order valence-electron chi connectivity index (χ2n) is 10.6. The van der Waals surface area contributed by atoms with Gasteiger partial charge in [0, 0.05) is 50.6 Å². The molecule has 3 aromatic carbocycles. The van der Waals surface area contributed by atoms with Gasteiger partial charge in [-0.3, -0.25) is 4.90 Å². The number of rotatable bonds is 8. The Bertz CT molecular complexity index is 1900. The number of ether oxygens (including phenoxy) is 2. The number of halogens is 1. The summed E-state index contributed by atoms with van der Waals surface area (Å²) < 4.78 is 54.9. The number of hydrogen-bond acceptors (Lipinski definition) is 6. The van der Waals surface area contributed by atoms with E-state index < -0.39 is 15.8 Å². The Hall–Kier alpha value is -4.25. The van der Waals surface area contributed by atoms with Crippen molar-refractivity contribution in [2.24, 2.45) is 0 Å². The third kappa shape index (κ3) is 5.73. The molecule has 0 unspecified atom stereocenters. The van der Waals surface area contributed by atoms with E-state index in [0.29, 0.717) is 32.7 Å². The summed E-state index contributed by atoms with van der Waals surface area (Å²) in [5, 5.41) is 0. The minimum absolute atomic E-state index is 0.000467. The van der Waals surface area contributed by atoms with Gasteiger partial charge in [-0.15, -0.1) is 0 Å². The zero-order chi connectivity index (χ0) is 30.1. The van der Waals surface area contributed by atoms with Crippen molar-refractivity contribution in [1.82, 2.24) is 18.6 Å². The molecular weight excluding hydrogens is 567 g/mol. The lowest BCUT2D eigenvalue weighted by Crippen LogP contribution is -2.48. The molecule has 0 saturated carbocycles. The SMILES string of the molecule is COc1cccc(-c2nc3ccc(-c4cccc(C)c4)cn3c2CN2CCN(S(=O)(=O)c3ccc(F)cc3OC)CC2)c1. The summed E-state index contributed by atoms with van der Waals surface area (Å²) >= 11 is 0. The van der Waals surface area contributed by atoms with E-state index in [9.17, 15) is 12.8 Å². The predicted molar refractivity (Wildman–Crippen MR) is 164 cm³/mol. The van der Waals surface area contributed by atoms with Crippen LogP contribution in [-0.2, 0) is 16.6 Å². The smallest absolute Gasteiger partial charge is 0.246 e. The summed E-state index contributed by atoms with van der Waals surface area (Å²) in [5.41, 5.74) is 7.02. The molecule has 0 atom stereocenters. The number of sulfonamides is 1. The summed E-state index contributed by atoms with van der Waals surface area (Å²) in [6, 6.07) is 23.9. The van der Waals surface area contributed by atoms with E-state index in [2.05, 4.69) is 52.8 Å². The zero-order valence-corrected chi connectivity index (χ0v) is 25.1. The van der Waals surface area contributed by atoms with Gasteiger partial charge in [-0.2, -0.15) is 4.31 Å². The summed E-state index contributed by atoms with van der Waals surface area (Å²) in [7, 11) is -0.872. The molecule has 1 aliphatic rings. The molecule has 43 heavy (non-hydrogen) atoms. The average molecular weight is 601 g/mol. The van der Waals surface area contributed by atoms with Gasteiger partial charge < -0.3 is 13.9 Å². The highest BCUT2D eigenvalue weighted by atomic mass is 32.2. The third-order valence-electron chi connectivity index (χ3n) is 7.86. The highest BCUT2D eigenvalue weighted by Gasteiger charge is 2.31. The van der Waals surface area contributed by atoms with Gasteiger partial charge in [-0.25, -0.2) is 17.8 Å². The van der Waals surface area contributed by atoms with E-state index in [1.165, 1.54) is 23.0 Å². The van der Waals surface area contributed by atoms with Crippen LogP contribution < -0.4 is 9.47 Å². The summed E-state index contributed by atoms with van der Waals surface area (Å²) in [6.45, 7) is 4.28. The molecule has 222 valence electrons. The Kier molecular flexibility index (Phi) is 7.91. The van der Waals surface area contributed by atoms with Crippen LogP contribution in [0.5, 0.6) is 11.5 Å². The van der Waals surface area contributed by atoms with Gasteiger partial charge in [0.25, 0.3) is 0 Å². The molecule has 10 heteroatoms. The molecule has 1 saturated heterocycles. The van der Waals surface area contributed by atoms with E-state index in [1.54, 1.807) is 7.11 Å². The van der Waals surface area contributed by atoms with E-state index in [-0.39, 0.29) is 10.6 Å². The first kappa shape index (κ1) is 28.9. The Labute approximate surface area is 251 Å². The number of hydrogen-bond donors (Lipinski definition) is 0. The summed E-state index contributed by atoms with van der Waals surface area (Å²) in [6.07, 6.45) is 2.12. The first-order valence-corrected chi connectivity index (χ1v) is 15.5. The number of pyridine rings is 1. The number of nitrogens with zero attached hydrogens (tertiary/aromatic N) is 4. The van der Waals surface area contributed by atoms with Crippen LogP contribution in [0.4, 0.5) is 4.39 Å². The van der Waals surface area contributed by atoms with Gasteiger partial charge in [0.1, 0.15) is 27.9 Å². The largest absolute Gasteiger partial charge is 0.497 e. The van der Waals surface area contributed by atoms with E-state index in [1.807, 2.05) is 30.3 Å². The zero-order valence-electron chi connectivity index (χ0n) is 24.3. The van der Waals surface area contributed by atoms with Gasteiger partial charge in [0.05, 0.1) is 25.6 Å². The fraction of sp³-hybridized carbons (Fsp3) is 0.242. The third-order valence-corrected chi connectivity index (χ3v) is 9.80. The minimum Gasteiger partial charge on any atom is -0.497 e. The molecule has 0 N–H and O–H groups in total. The van der Waals surface area contributed by atoms with E-state index >= 15 is 0 Å². The molecule has 0 bridgehead atoms. The minimum atomic E-state index is -3.86. The van der Waals surface area contributed by atoms with Crippen molar-refractivity contribution < 1.29 is 22.3 Å². The van der Waals surface area contributed by atoms with E-state index in [0.717, 1.165) is 51.6 Å². The number of piperazine rings is 1. The van der Waals surface area contributed by atoms with Crippen molar-refractivity contribution >= 4 is 15.7 Å². The molecule has 0 amide bonds. The van der Waals surface area contributed by atoms with Crippen LogP contribution in [0, 0.1) is 12.7 Å². The molecule has 6 rings (SSSR count). The highest BCUT2D eigenvalue weighted by Crippen LogP contribution is 2.32. The summed E-state index contributed by atoms with van der Waals surface area (Å²) in [5.74, 6) is 0.197. The van der Waals surface area contributed by atoms with Crippen molar-refractivity contribution in [2.45, 2.75) is 18.4 Å². The number of aryl methyl sites for hydroxylation is 1. The van der Waals surface area contributed by atoms with Gasteiger partial charge in [-0.1, -0.05) is 42.0 Å². The molecular formula is C33H33FN4O4S. The molecule has 0 aliphatic carbocycles. The molecule has 1 aliphatic heterocycles.